The molecular formula is C24H20N4O. The Labute approximate surface area is 169 Å². The van der Waals surface area contributed by atoms with Crippen molar-refractivity contribution in [2.45, 2.75) is 20.0 Å². The average Bonchev–Trinajstić information content (AvgIpc) is 3.16. The van der Waals surface area contributed by atoms with Crippen LogP contribution in [0.3, 0.4) is 0 Å². The number of nitrogens with one attached hydrogen (secondary N) is 1. The van der Waals surface area contributed by atoms with Gasteiger partial charge in [-0.1, -0.05) is 36.4 Å². The summed E-state index contributed by atoms with van der Waals surface area (Å²) in [5.41, 5.74) is 6.19. The number of aromatic nitrogens is 2. The van der Waals surface area contributed by atoms with Crippen molar-refractivity contribution in [3.63, 3.8) is 0 Å². The minimum Gasteiger partial charge on any atom is -0.380 e. The van der Waals surface area contributed by atoms with Gasteiger partial charge in [-0.15, -0.1) is 0 Å². The van der Waals surface area contributed by atoms with Gasteiger partial charge in [0.2, 0.25) is 0 Å². The summed E-state index contributed by atoms with van der Waals surface area (Å²) in [6.45, 7) is 2.85. The summed E-state index contributed by atoms with van der Waals surface area (Å²) < 4.78 is 2.13. The van der Waals surface area contributed by atoms with E-state index in [1.165, 1.54) is 12.5 Å². The summed E-state index contributed by atoms with van der Waals surface area (Å²) >= 11 is 0. The van der Waals surface area contributed by atoms with Crippen molar-refractivity contribution in [3.05, 3.63) is 95.3 Å². The lowest BCUT2D eigenvalue weighted by molar-refractivity contribution is 0.101. The van der Waals surface area contributed by atoms with E-state index in [4.69, 9.17) is 0 Å². The van der Waals surface area contributed by atoms with Gasteiger partial charge in [-0.05, 0) is 48.4 Å². The second kappa shape index (κ2) is 7.99. The van der Waals surface area contributed by atoms with Crippen LogP contribution >= 0.6 is 0 Å². The van der Waals surface area contributed by atoms with E-state index >= 15 is 0 Å². The molecule has 0 aliphatic heterocycles. The van der Waals surface area contributed by atoms with Gasteiger partial charge in [0.1, 0.15) is 6.07 Å². The summed E-state index contributed by atoms with van der Waals surface area (Å²) in [7, 11) is 0. The van der Waals surface area contributed by atoms with Crippen LogP contribution in [-0.2, 0) is 13.1 Å². The molecule has 0 aliphatic rings. The number of ketones is 1. The maximum atomic E-state index is 11.6. The van der Waals surface area contributed by atoms with Gasteiger partial charge in [0.15, 0.2) is 5.78 Å². The molecular weight excluding hydrogens is 360 g/mol. The van der Waals surface area contributed by atoms with Gasteiger partial charge < -0.3 is 9.88 Å². The predicted octanol–water partition coefficient (Wildman–Crippen LogP) is 4.77. The SMILES string of the molecule is CC(=O)c1ccc(C#N)c(NCc2ccc(Cn3cnc4ccccc43)cc2)c1. The Hall–Kier alpha value is -3.91. The van der Waals surface area contributed by atoms with Crippen LogP contribution < -0.4 is 5.32 Å². The molecule has 1 N–H and O–H groups in total. The van der Waals surface area contributed by atoms with E-state index in [9.17, 15) is 10.1 Å². The largest absolute Gasteiger partial charge is 0.380 e. The normalized spacial score (nSPS) is 10.6. The van der Waals surface area contributed by atoms with Gasteiger partial charge >= 0.3 is 0 Å². The first-order valence-electron chi connectivity index (χ1n) is 9.40. The molecule has 0 fully saturated rings. The van der Waals surface area contributed by atoms with E-state index in [1.807, 2.05) is 24.5 Å². The molecule has 5 heteroatoms. The number of rotatable bonds is 6. The van der Waals surface area contributed by atoms with Gasteiger partial charge in [0.05, 0.1) is 28.6 Å². The molecule has 5 nitrogen and oxygen atoms in total. The Morgan fingerprint density at radius 1 is 1.07 bits per heavy atom. The summed E-state index contributed by atoms with van der Waals surface area (Å²) in [5.74, 6) is -0.0195. The first-order chi connectivity index (χ1) is 14.1. The Bertz CT molecular complexity index is 1220. The van der Waals surface area contributed by atoms with E-state index in [0.717, 1.165) is 23.1 Å². The number of benzene rings is 3. The van der Waals surface area contributed by atoms with Crippen LogP contribution in [-0.4, -0.2) is 15.3 Å². The number of para-hydroxylation sites is 2. The molecule has 0 amide bonds. The van der Waals surface area contributed by atoms with Crippen LogP contribution in [0.15, 0.2) is 73.1 Å². The van der Waals surface area contributed by atoms with Gasteiger partial charge in [-0.2, -0.15) is 5.26 Å². The van der Waals surface area contributed by atoms with E-state index < -0.39 is 0 Å². The lowest BCUT2D eigenvalue weighted by atomic mass is 10.1. The van der Waals surface area contributed by atoms with Crippen LogP contribution in [0.1, 0.15) is 34.0 Å². The van der Waals surface area contributed by atoms with Gasteiger partial charge in [0.25, 0.3) is 0 Å². The molecule has 0 saturated heterocycles. The molecule has 29 heavy (non-hydrogen) atoms. The Balaban J connectivity index is 1.46. The third-order valence-electron chi connectivity index (χ3n) is 4.93. The molecule has 1 aromatic heterocycles. The molecule has 4 rings (SSSR count). The topological polar surface area (TPSA) is 70.7 Å². The third kappa shape index (κ3) is 4.02. The first-order valence-corrected chi connectivity index (χ1v) is 9.40. The van der Waals surface area contributed by atoms with Gasteiger partial charge in [-0.25, -0.2) is 4.98 Å². The molecule has 0 saturated carbocycles. The van der Waals surface area contributed by atoms with Crippen molar-refractivity contribution < 1.29 is 4.79 Å². The molecule has 0 aliphatic carbocycles. The molecule has 0 unspecified atom stereocenters. The van der Waals surface area contributed by atoms with Crippen molar-refractivity contribution in [3.8, 4) is 6.07 Å². The number of carbonyl (C=O) groups is 1. The number of imidazole rings is 1. The Morgan fingerprint density at radius 2 is 1.83 bits per heavy atom. The summed E-state index contributed by atoms with van der Waals surface area (Å²) in [4.78, 5) is 16.0. The minimum atomic E-state index is -0.0195. The van der Waals surface area contributed by atoms with Crippen molar-refractivity contribution in [1.82, 2.24) is 9.55 Å². The number of hydrogen-bond acceptors (Lipinski definition) is 4. The molecule has 0 spiro atoms. The zero-order chi connectivity index (χ0) is 20.2. The van der Waals surface area contributed by atoms with Crippen LogP contribution in [0.2, 0.25) is 0 Å². The zero-order valence-corrected chi connectivity index (χ0v) is 16.1. The highest BCUT2D eigenvalue weighted by molar-refractivity contribution is 5.95. The molecule has 0 radical (unpaired) electrons. The number of nitrogens with zero attached hydrogens (tertiary/aromatic N) is 3. The third-order valence-corrected chi connectivity index (χ3v) is 4.93. The number of hydrogen-bond donors (Lipinski definition) is 1. The van der Waals surface area contributed by atoms with Crippen molar-refractivity contribution in [2.75, 3.05) is 5.32 Å². The van der Waals surface area contributed by atoms with E-state index in [1.54, 1.807) is 18.2 Å². The molecule has 0 atom stereocenters. The van der Waals surface area contributed by atoms with E-state index in [2.05, 4.69) is 51.3 Å². The lowest BCUT2D eigenvalue weighted by Crippen LogP contribution is -2.04. The number of nitriles is 1. The smallest absolute Gasteiger partial charge is 0.159 e. The minimum absolute atomic E-state index is 0.0195. The maximum absolute atomic E-state index is 11.6. The highest BCUT2D eigenvalue weighted by atomic mass is 16.1. The molecule has 3 aromatic carbocycles. The van der Waals surface area contributed by atoms with Crippen LogP contribution in [0, 0.1) is 11.3 Å². The van der Waals surface area contributed by atoms with Crippen molar-refractivity contribution in [2.24, 2.45) is 0 Å². The van der Waals surface area contributed by atoms with Gasteiger partial charge in [0, 0.05) is 18.7 Å². The maximum Gasteiger partial charge on any atom is 0.159 e. The fourth-order valence-corrected chi connectivity index (χ4v) is 3.30. The highest BCUT2D eigenvalue weighted by Crippen LogP contribution is 2.19. The summed E-state index contributed by atoms with van der Waals surface area (Å²) in [6, 6.07) is 23.7. The summed E-state index contributed by atoms with van der Waals surface area (Å²) in [6.07, 6.45) is 1.87. The molecule has 142 valence electrons. The first kappa shape index (κ1) is 18.5. The summed E-state index contributed by atoms with van der Waals surface area (Å²) in [5, 5.41) is 12.6. The molecule has 4 aromatic rings. The number of anilines is 1. The quantitative estimate of drug-likeness (QED) is 0.489. The number of fused-ring (bicyclic) bond motifs is 1. The second-order valence-electron chi connectivity index (χ2n) is 6.96. The van der Waals surface area contributed by atoms with Crippen LogP contribution in [0.4, 0.5) is 5.69 Å². The van der Waals surface area contributed by atoms with Crippen LogP contribution in [0.25, 0.3) is 11.0 Å². The lowest BCUT2D eigenvalue weighted by Gasteiger charge is -2.11. The van der Waals surface area contributed by atoms with Crippen molar-refractivity contribution in [1.29, 1.82) is 5.26 Å². The highest BCUT2D eigenvalue weighted by Gasteiger charge is 2.07. The predicted molar refractivity (Wildman–Crippen MR) is 114 cm³/mol. The van der Waals surface area contributed by atoms with Crippen molar-refractivity contribution >= 4 is 22.5 Å². The molecule has 0 bridgehead atoms. The monoisotopic (exact) mass is 380 g/mol. The fourth-order valence-electron chi connectivity index (χ4n) is 3.30. The molecule has 1 heterocycles. The standard InChI is InChI=1S/C24H20N4O/c1-17(29)20-10-11-21(13-25)23(12-20)26-14-18-6-8-19(9-7-18)15-28-16-27-22-4-2-3-5-24(22)28/h2-12,16,26H,14-15H2,1H3. The van der Waals surface area contributed by atoms with Gasteiger partial charge in [-0.3, -0.25) is 4.79 Å². The average molecular weight is 380 g/mol. The second-order valence-corrected chi connectivity index (χ2v) is 6.96. The zero-order valence-electron chi connectivity index (χ0n) is 16.1. The Morgan fingerprint density at radius 3 is 2.59 bits per heavy atom. The van der Waals surface area contributed by atoms with Crippen LogP contribution in [0.5, 0.6) is 0 Å². The van der Waals surface area contributed by atoms with E-state index in [-0.39, 0.29) is 5.78 Å². The fraction of sp³-hybridized carbons (Fsp3) is 0.125. The Kier molecular flexibility index (Phi) is 5.08. The number of Topliss-reactive ketones (excluding diaryl/α,β-unsaturated/α-hetero) is 1. The van der Waals surface area contributed by atoms with E-state index in [0.29, 0.717) is 23.4 Å². The number of carbonyl (C=O) groups excluding carboxylic acids is 1.